The molecule has 5 rings (SSSR count). The Labute approximate surface area is 179 Å². The molecule has 0 aromatic heterocycles. The van der Waals surface area contributed by atoms with Crippen molar-refractivity contribution in [2.24, 2.45) is 16.8 Å². The van der Waals surface area contributed by atoms with E-state index in [0.717, 1.165) is 41.9 Å². The number of hydrogen-bond acceptors (Lipinski definition) is 3. The molecular weight excluding hydrogens is 407 g/mol. The highest BCUT2D eigenvalue weighted by molar-refractivity contribution is 5.92. The molecule has 1 saturated carbocycles. The minimum Gasteiger partial charge on any atom is -0.389 e. The molecule has 5 nitrogen and oxygen atoms in total. The SMILES string of the molecule is O=C(N1CC(O)C1)N1CC(C2=NC(C3CC3)=CC2)CC(c2ccc(C(F)(F)F)cc2)C1. The first kappa shape index (κ1) is 20.5. The van der Waals surface area contributed by atoms with Crippen molar-refractivity contribution < 1.29 is 23.1 Å². The fourth-order valence-electron chi connectivity index (χ4n) is 4.86. The van der Waals surface area contributed by atoms with E-state index in [9.17, 15) is 23.1 Å². The number of carbonyl (C=O) groups is 1. The number of aliphatic hydroxyl groups is 1. The molecule has 3 aliphatic heterocycles. The summed E-state index contributed by atoms with van der Waals surface area (Å²) in [4.78, 5) is 21.3. The van der Waals surface area contributed by atoms with Gasteiger partial charge in [-0.15, -0.1) is 0 Å². The third kappa shape index (κ3) is 4.22. The van der Waals surface area contributed by atoms with E-state index >= 15 is 0 Å². The number of benzene rings is 1. The Morgan fingerprint density at radius 2 is 1.61 bits per heavy atom. The molecule has 2 unspecified atom stereocenters. The van der Waals surface area contributed by atoms with Crippen molar-refractivity contribution in [3.05, 3.63) is 47.2 Å². The van der Waals surface area contributed by atoms with Crippen molar-refractivity contribution in [3.8, 4) is 0 Å². The summed E-state index contributed by atoms with van der Waals surface area (Å²) in [5.41, 5.74) is 2.40. The second-order valence-electron chi connectivity index (χ2n) is 9.21. The van der Waals surface area contributed by atoms with Crippen molar-refractivity contribution in [2.45, 2.75) is 43.9 Å². The van der Waals surface area contributed by atoms with Crippen LogP contribution in [0, 0.1) is 11.8 Å². The van der Waals surface area contributed by atoms with Gasteiger partial charge in [-0.25, -0.2) is 4.79 Å². The van der Waals surface area contributed by atoms with Crippen molar-refractivity contribution in [2.75, 3.05) is 26.2 Å². The highest BCUT2D eigenvalue weighted by atomic mass is 19.4. The standard InChI is InChI=1S/C23H26F3N3O2/c24-23(25,26)18-5-3-14(4-6-18)16-9-17(21-8-7-20(27-21)15-1-2-15)11-28(10-16)22(31)29-12-19(30)13-29/h3-7,15-17,19,30H,1-2,8-13H2. The second kappa shape index (κ2) is 7.65. The summed E-state index contributed by atoms with van der Waals surface area (Å²) in [6.07, 6.45) is 1.28. The molecule has 0 bridgehead atoms. The van der Waals surface area contributed by atoms with Crippen LogP contribution < -0.4 is 0 Å². The lowest BCUT2D eigenvalue weighted by molar-refractivity contribution is -0.137. The highest BCUT2D eigenvalue weighted by Crippen LogP contribution is 2.41. The van der Waals surface area contributed by atoms with Crippen LogP contribution in [0.1, 0.15) is 42.7 Å². The molecule has 2 atom stereocenters. The Kier molecular flexibility index (Phi) is 5.07. The number of halogens is 3. The number of piperidine rings is 1. The van der Waals surface area contributed by atoms with Crippen LogP contribution in [-0.2, 0) is 6.18 Å². The van der Waals surface area contributed by atoms with Gasteiger partial charge < -0.3 is 14.9 Å². The van der Waals surface area contributed by atoms with Gasteiger partial charge >= 0.3 is 12.2 Å². The lowest BCUT2D eigenvalue weighted by atomic mass is 9.81. The molecule has 3 heterocycles. The largest absolute Gasteiger partial charge is 0.416 e. The molecule has 1 aliphatic carbocycles. The molecule has 1 N–H and O–H groups in total. The van der Waals surface area contributed by atoms with E-state index in [1.54, 1.807) is 9.80 Å². The zero-order valence-corrected chi connectivity index (χ0v) is 17.2. The van der Waals surface area contributed by atoms with Gasteiger partial charge in [-0.1, -0.05) is 18.2 Å². The van der Waals surface area contributed by atoms with E-state index in [0.29, 0.717) is 32.1 Å². The zero-order chi connectivity index (χ0) is 21.8. The van der Waals surface area contributed by atoms with E-state index < -0.39 is 17.8 Å². The summed E-state index contributed by atoms with van der Waals surface area (Å²) in [5, 5.41) is 9.57. The van der Waals surface area contributed by atoms with E-state index in [1.807, 2.05) is 0 Å². The summed E-state index contributed by atoms with van der Waals surface area (Å²) >= 11 is 0. The van der Waals surface area contributed by atoms with Gasteiger partial charge in [0.1, 0.15) is 0 Å². The number of nitrogens with zero attached hydrogens (tertiary/aromatic N) is 3. The van der Waals surface area contributed by atoms with Crippen molar-refractivity contribution >= 4 is 11.7 Å². The van der Waals surface area contributed by atoms with Gasteiger partial charge in [0.15, 0.2) is 0 Å². The fourth-order valence-corrected chi connectivity index (χ4v) is 4.86. The van der Waals surface area contributed by atoms with Gasteiger partial charge in [0.05, 0.1) is 24.8 Å². The summed E-state index contributed by atoms with van der Waals surface area (Å²) in [5.74, 6) is 0.611. The van der Waals surface area contributed by atoms with Crippen LogP contribution in [0.4, 0.5) is 18.0 Å². The summed E-state index contributed by atoms with van der Waals surface area (Å²) in [6, 6.07) is 5.21. The Hall–Kier alpha value is -2.35. The van der Waals surface area contributed by atoms with Crippen LogP contribution in [-0.4, -0.2) is 58.9 Å². The molecular formula is C23H26F3N3O2. The normalized spacial score (nSPS) is 27.1. The molecule has 4 aliphatic rings. The number of alkyl halides is 3. The molecule has 1 aromatic carbocycles. The number of rotatable bonds is 3. The average molecular weight is 433 g/mol. The summed E-state index contributed by atoms with van der Waals surface area (Å²) < 4.78 is 38.9. The second-order valence-corrected chi connectivity index (χ2v) is 9.21. The van der Waals surface area contributed by atoms with Crippen LogP contribution >= 0.6 is 0 Å². The maximum Gasteiger partial charge on any atom is 0.416 e. The Morgan fingerprint density at radius 3 is 2.23 bits per heavy atom. The molecule has 2 saturated heterocycles. The zero-order valence-electron chi connectivity index (χ0n) is 17.2. The van der Waals surface area contributed by atoms with E-state index in [4.69, 9.17) is 4.99 Å². The first-order chi connectivity index (χ1) is 14.8. The number of hydrogen-bond donors (Lipinski definition) is 1. The van der Waals surface area contributed by atoms with Crippen molar-refractivity contribution in [1.82, 2.24) is 9.80 Å². The fraction of sp³-hybridized carbons (Fsp3) is 0.565. The van der Waals surface area contributed by atoms with Gasteiger partial charge in [-0.2, -0.15) is 13.2 Å². The Morgan fingerprint density at radius 1 is 0.968 bits per heavy atom. The number of aliphatic hydroxyl groups excluding tert-OH is 1. The van der Waals surface area contributed by atoms with E-state index in [-0.39, 0.29) is 17.9 Å². The molecule has 0 radical (unpaired) electrons. The van der Waals surface area contributed by atoms with Crippen molar-refractivity contribution in [1.29, 1.82) is 0 Å². The van der Waals surface area contributed by atoms with E-state index in [1.165, 1.54) is 25.0 Å². The Balaban J connectivity index is 1.36. The molecule has 8 heteroatoms. The monoisotopic (exact) mass is 433 g/mol. The number of allylic oxidation sites excluding steroid dienone is 2. The maximum absolute atomic E-state index is 13.0. The third-order valence-corrected chi connectivity index (χ3v) is 6.82. The summed E-state index contributed by atoms with van der Waals surface area (Å²) in [6.45, 7) is 1.69. The van der Waals surface area contributed by atoms with Crippen molar-refractivity contribution in [3.63, 3.8) is 0 Å². The predicted molar refractivity (Wildman–Crippen MR) is 110 cm³/mol. The van der Waals surface area contributed by atoms with Gasteiger partial charge in [0.25, 0.3) is 0 Å². The number of amides is 2. The van der Waals surface area contributed by atoms with Crippen LogP contribution in [0.15, 0.2) is 41.0 Å². The third-order valence-electron chi connectivity index (χ3n) is 6.82. The number of carbonyl (C=O) groups excluding carboxylic acids is 1. The summed E-state index contributed by atoms with van der Waals surface area (Å²) in [7, 11) is 0. The van der Waals surface area contributed by atoms with Gasteiger partial charge in [-0.3, -0.25) is 4.99 Å². The quantitative estimate of drug-likeness (QED) is 0.782. The maximum atomic E-state index is 13.0. The smallest absolute Gasteiger partial charge is 0.389 e. The number of urea groups is 1. The Bertz CT molecular complexity index is 915. The minimum absolute atomic E-state index is 0.0520. The number of aliphatic imine (C=N–C) groups is 1. The lowest BCUT2D eigenvalue weighted by Gasteiger charge is -2.44. The molecule has 1 aromatic rings. The first-order valence-corrected chi connectivity index (χ1v) is 10.9. The molecule has 166 valence electrons. The minimum atomic E-state index is -4.36. The van der Waals surface area contributed by atoms with Crippen LogP contribution in [0.5, 0.6) is 0 Å². The van der Waals surface area contributed by atoms with Crippen LogP contribution in [0.3, 0.4) is 0 Å². The topological polar surface area (TPSA) is 56.1 Å². The molecule has 0 spiro atoms. The van der Waals surface area contributed by atoms with E-state index in [2.05, 4.69) is 6.08 Å². The molecule has 31 heavy (non-hydrogen) atoms. The molecule has 3 fully saturated rings. The van der Waals surface area contributed by atoms with Gasteiger partial charge in [0.2, 0.25) is 0 Å². The first-order valence-electron chi connectivity index (χ1n) is 10.9. The van der Waals surface area contributed by atoms with Crippen LogP contribution in [0.2, 0.25) is 0 Å². The van der Waals surface area contributed by atoms with Gasteiger partial charge in [-0.05, 0) is 37.0 Å². The average Bonchev–Trinajstić information content (AvgIpc) is 3.46. The lowest BCUT2D eigenvalue weighted by Crippen LogP contribution is -2.59. The van der Waals surface area contributed by atoms with Crippen LogP contribution in [0.25, 0.3) is 0 Å². The van der Waals surface area contributed by atoms with Gasteiger partial charge in [0, 0.05) is 48.7 Å². The number of β-amino-alcohol motifs (C(OH)–C–C–N with tert-alkyl or cyclic N) is 1. The predicted octanol–water partition coefficient (Wildman–Crippen LogP) is 4.05. The molecule has 2 amide bonds. The number of likely N-dealkylation sites (tertiary alicyclic amines) is 2. The highest BCUT2D eigenvalue weighted by Gasteiger charge is 2.39.